The first-order valence-corrected chi connectivity index (χ1v) is 6.23. The molecule has 1 rings (SSSR count). The van der Waals surface area contributed by atoms with Gasteiger partial charge in [0.1, 0.15) is 13.0 Å². The zero-order valence-corrected chi connectivity index (χ0v) is 11.8. The Kier molecular flexibility index (Phi) is 6.76. The number of halogens is 1. The first-order chi connectivity index (χ1) is 9.63. The number of allylic oxidation sites excluding steroid dienone is 1. The molecule has 20 heavy (non-hydrogen) atoms. The maximum atomic E-state index is 12.6. The van der Waals surface area contributed by atoms with Crippen LogP contribution in [0.1, 0.15) is 24.2 Å². The largest absolute Gasteiger partial charge is 0.375 e. The highest BCUT2D eigenvalue weighted by atomic mass is 19.1. The van der Waals surface area contributed by atoms with Gasteiger partial charge in [-0.1, -0.05) is 24.3 Å². The molecular weight excluding hydrogens is 257 g/mol. The van der Waals surface area contributed by atoms with E-state index in [1.54, 1.807) is 6.20 Å². The van der Waals surface area contributed by atoms with Crippen molar-refractivity contribution < 1.29 is 9.13 Å². The molecule has 0 heterocycles. The van der Waals surface area contributed by atoms with Crippen LogP contribution in [0.15, 0.2) is 40.5 Å². The summed E-state index contributed by atoms with van der Waals surface area (Å²) < 4.78 is 17.9. The van der Waals surface area contributed by atoms with Gasteiger partial charge in [0.15, 0.2) is 0 Å². The maximum absolute atomic E-state index is 12.6. The van der Waals surface area contributed by atoms with Gasteiger partial charge in [0.2, 0.25) is 0 Å². The quantitative estimate of drug-likeness (QED) is 0.615. The zero-order valence-electron chi connectivity index (χ0n) is 11.8. The Balaban J connectivity index is 2.90. The maximum Gasteiger partial charge on any atom is 0.114 e. The molecule has 1 aromatic rings. The topological polar surface area (TPSA) is 60.0 Å². The van der Waals surface area contributed by atoms with Crippen LogP contribution < -0.4 is 5.73 Å². The lowest BCUT2D eigenvalue weighted by Crippen LogP contribution is -2.31. The minimum absolute atomic E-state index is 0.443. The SMILES string of the molecule is C=NC=N/C=C(\C)c1ccc(C(OC)C(N)CF)cc1. The fourth-order valence-electron chi connectivity index (χ4n) is 1.84. The smallest absolute Gasteiger partial charge is 0.114 e. The van der Waals surface area contributed by atoms with Gasteiger partial charge in [-0.05, 0) is 30.3 Å². The van der Waals surface area contributed by atoms with Crippen molar-refractivity contribution in [3.63, 3.8) is 0 Å². The molecule has 0 aliphatic rings. The second-order valence-electron chi connectivity index (χ2n) is 4.36. The van der Waals surface area contributed by atoms with Crippen LogP contribution in [-0.2, 0) is 4.74 Å². The van der Waals surface area contributed by atoms with Gasteiger partial charge in [-0.2, -0.15) is 0 Å². The predicted octanol–water partition coefficient (Wildman–Crippen LogP) is 2.76. The van der Waals surface area contributed by atoms with E-state index in [-0.39, 0.29) is 0 Å². The van der Waals surface area contributed by atoms with Gasteiger partial charge in [0.25, 0.3) is 0 Å². The van der Waals surface area contributed by atoms with Crippen molar-refractivity contribution in [1.29, 1.82) is 0 Å². The van der Waals surface area contributed by atoms with Crippen LogP contribution in [0, 0.1) is 0 Å². The van der Waals surface area contributed by atoms with Crippen molar-refractivity contribution in [1.82, 2.24) is 0 Å². The van der Waals surface area contributed by atoms with E-state index in [2.05, 4.69) is 16.7 Å². The van der Waals surface area contributed by atoms with E-state index >= 15 is 0 Å². The third kappa shape index (κ3) is 4.36. The van der Waals surface area contributed by atoms with Crippen molar-refractivity contribution in [3.8, 4) is 0 Å². The summed E-state index contributed by atoms with van der Waals surface area (Å²) in [5.41, 5.74) is 8.54. The monoisotopic (exact) mass is 277 g/mol. The molecule has 4 nitrogen and oxygen atoms in total. The van der Waals surface area contributed by atoms with Gasteiger partial charge >= 0.3 is 0 Å². The second kappa shape index (κ2) is 8.35. The van der Waals surface area contributed by atoms with E-state index in [0.29, 0.717) is 0 Å². The molecule has 0 spiro atoms. The van der Waals surface area contributed by atoms with Crippen LogP contribution in [0.4, 0.5) is 4.39 Å². The summed E-state index contributed by atoms with van der Waals surface area (Å²) in [6, 6.07) is 6.95. The molecule has 108 valence electrons. The van der Waals surface area contributed by atoms with Crippen molar-refractivity contribution in [2.24, 2.45) is 15.7 Å². The zero-order chi connectivity index (χ0) is 15.0. The predicted molar refractivity (Wildman–Crippen MR) is 81.8 cm³/mol. The molecule has 0 saturated carbocycles. The lowest BCUT2D eigenvalue weighted by atomic mass is 10.00. The van der Waals surface area contributed by atoms with Crippen molar-refractivity contribution in [2.45, 2.75) is 19.1 Å². The van der Waals surface area contributed by atoms with Crippen LogP contribution >= 0.6 is 0 Å². The molecule has 1 aromatic carbocycles. The van der Waals surface area contributed by atoms with Gasteiger partial charge in [0.05, 0.1) is 12.1 Å². The molecule has 0 radical (unpaired) electrons. The van der Waals surface area contributed by atoms with Gasteiger partial charge in [0, 0.05) is 13.3 Å². The van der Waals surface area contributed by atoms with Crippen LogP contribution in [0.2, 0.25) is 0 Å². The van der Waals surface area contributed by atoms with E-state index in [1.807, 2.05) is 31.2 Å². The van der Waals surface area contributed by atoms with Gasteiger partial charge in [-0.3, -0.25) is 4.99 Å². The van der Waals surface area contributed by atoms with Gasteiger partial charge in [-0.15, -0.1) is 0 Å². The molecule has 2 N–H and O–H groups in total. The molecule has 2 atom stereocenters. The summed E-state index contributed by atoms with van der Waals surface area (Å²) in [7, 11) is 1.52. The van der Waals surface area contributed by atoms with E-state index in [1.165, 1.54) is 13.4 Å². The van der Waals surface area contributed by atoms with Gasteiger partial charge < -0.3 is 10.5 Å². The van der Waals surface area contributed by atoms with Crippen molar-refractivity contribution in [2.75, 3.05) is 13.8 Å². The molecule has 2 unspecified atom stereocenters. The average Bonchev–Trinajstić information content (AvgIpc) is 2.48. The minimum atomic E-state index is -0.661. The summed E-state index contributed by atoms with van der Waals surface area (Å²) in [6.07, 6.45) is 2.63. The Bertz CT molecular complexity index is 482. The van der Waals surface area contributed by atoms with E-state index in [9.17, 15) is 4.39 Å². The third-order valence-electron chi connectivity index (χ3n) is 2.93. The first kappa shape index (κ1) is 16.2. The molecule has 0 aliphatic carbocycles. The number of methoxy groups -OCH3 is 1. The van der Waals surface area contributed by atoms with Crippen LogP contribution in [0.5, 0.6) is 0 Å². The second-order valence-corrected chi connectivity index (χ2v) is 4.36. The lowest BCUT2D eigenvalue weighted by molar-refractivity contribution is 0.0721. The van der Waals surface area contributed by atoms with Crippen molar-refractivity contribution in [3.05, 3.63) is 41.6 Å². The van der Waals surface area contributed by atoms with E-state index < -0.39 is 18.8 Å². The van der Waals surface area contributed by atoms with Crippen LogP contribution in [0.25, 0.3) is 5.57 Å². The summed E-state index contributed by atoms with van der Waals surface area (Å²) in [4.78, 5) is 7.50. The molecule has 0 amide bonds. The molecule has 5 heteroatoms. The fourth-order valence-corrected chi connectivity index (χ4v) is 1.84. The molecule has 0 aromatic heterocycles. The standard InChI is InChI=1S/C15H20FN3O/c1-11(9-19-10-18-2)12-4-6-13(7-5-12)15(20-3)14(17)8-16/h4-7,9-10,14-15H,2,8,17H2,1,3H3/b11-9+,19-10?. The molecule has 0 saturated heterocycles. The highest BCUT2D eigenvalue weighted by Crippen LogP contribution is 2.22. The Hall–Kier alpha value is -1.85. The number of aliphatic imine (C=N–C) groups is 2. The number of benzene rings is 1. The molecular formula is C15H20FN3O. The Labute approximate surface area is 118 Å². The van der Waals surface area contributed by atoms with Crippen LogP contribution in [0.3, 0.4) is 0 Å². The van der Waals surface area contributed by atoms with E-state index in [0.717, 1.165) is 16.7 Å². The number of ether oxygens (including phenoxy) is 1. The summed E-state index contributed by atoms with van der Waals surface area (Å²) in [5, 5.41) is 0. The number of rotatable bonds is 7. The summed E-state index contributed by atoms with van der Waals surface area (Å²) in [5.74, 6) is 0. The Morgan fingerprint density at radius 2 is 2.10 bits per heavy atom. The van der Waals surface area contributed by atoms with Gasteiger partial charge in [-0.25, -0.2) is 9.38 Å². The Morgan fingerprint density at radius 3 is 2.60 bits per heavy atom. The normalized spacial score (nSPS) is 15.3. The number of hydrogen-bond donors (Lipinski definition) is 1. The van der Waals surface area contributed by atoms with Crippen molar-refractivity contribution >= 4 is 18.6 Å². The van der Waals surface area contributed by atoms with Crippen LogP contribution in [-0.4, -0.2) is 32.9 Å². The molecule has 0 fully saturated rings. The third-order valence-corrected chi connectivity index (χ3v) is 2.93. The minimum Gasteiger partial charge on any atom is -0.375 e. The summed E-state index contributed by atoms with van der Waals surface area (Å²) >= 11 is 0. The highest BCUT2D eigenvalue weighted by molar-refractivity contribution is 5.68. The van der Waals surface area contributed by atoms with E-state index in [4.69, 9.17) is 10.5 Å². The Morgan fingerprint density at radius 1 is 1.45 bits per heavy atom. The molecule has 0 aliphatic heterocycles. The number of nitrogens with zero attached hydrogens (tertiary/aromatic N) is 2. The lowest BCUT2D eigenvalue weighted by Gasteiger charge is -2.20. The average molecular weight is 277 g/mol. The number of hydrogen-bond acceptors (Lipinski definition) is 3. The first-order valence-electron chi connectivity index (χ1n) is 6.23. The number of nitrogens with two attached hydrogens (primary N) is 1. The summed E-state index contributed by atoms with van der Waals surface area (Å²) in [6.45, 7) is 4.63. The fraction of sp³-hybridized carbons (Fsp3) is 0.333. The highest BCUT2D eigenvalue weighted by Gasteiger charge is 2.19. The number of alkyl halides is 1. The molecule has 0 bridgehead atoms.